The second kappa shape index (κ2) is 7.07. The highest BCUT2D eigenvalue weighted by Gasteiger charge is 2.28. The number of rotatable bonds is 3. The van der Waals surface area contributed by atoms with Crippen molar-refractivity contribution in [2.45, 2.75) is 40.3 Å². The average Bonchev–Trinajstić information content (AvgIpc) is 2.94. The molecule has 1 amide bonds. The molecule has 1 aliphatic rings. The van der Waals surface area contributed by atoms with Crippen LogP contribution in [-0.4, -0.2) is 37.1 Å². The minimum Gasteiger partial charge on any atom is -0.332 e. The third-order valence-corrected chi connectivity index (χ3v) is 5.25. The molecular weight excluding hydrogens is 354 g/mol. The lowest BCUT2D eigenvalue weighted by atomic mass is 10.0. The number of aromatic amines is 1. The fraction of sp³-hybridized carbons (Fsp3) is 0.333. The lowest BCUT2D eigenvalue weighted by molar-refractivity contribution is 0.0729. The van der Waals surface area contributed by atoms with Gasteiger partial charge in [-0.3, -0.25) is 14.3 Å². The molecule has 3 aromatic rings. The molecule has 1 aliphatic heterocycles. The van der Waals surface area contributed by atoms with Crippen molar-refractivity contribution in [1.29, 1.82) is 0 Å². The normalized spacial score (nSPS) is 13.5. The minimum atomic E-state index is -0.0994. The van der Waals surface area contributed by atoms with Crippen molar-refractivity contribution in [2.75, 3.05) is 6.54 Å². The van der Waals surface area contributed by atoms with Crippen LogP contribution < -0.4 is 5.56 Å². The van der Waals surface area contributed by atoms with E-state index in [4.69, 9.17) is 0 Å². The van der Waals surface area contributed by atoms with E-state index in [0.717, 1.165) is 17.0 Å². The largest absolute Gasteiger partial charge is 0.332 e. The summed E-state index contributed by atoms with van der Waals surface area (Å²) in [5.41, 5.74) is 4.62. The second-order valence-corrected chi connectivity index (χ2v) is 7.24. The first-order chi connectivity index (χ1) is 13.4. The number of amides is 1. The number of nitrogens with zero attached hydrogens (tertiary/aromatic N) is 4. The van der Waals surface area contributed by atoms with Gasteiger partial charge in [-0.15, -0.1) is 0 Å². The van der Waals surface area contributed by atoms with Crippen LogP contribution in [-0.2, 0) is 19.5 Å². The molecule has 0 unspecified atom stereocenters. The van der Waals surface area contributed by atoms with Gasteiger partial charge in [-0.1, -0.05) is 30.3 Å². The summed E-state index contributed by atoms with van der Waals surface area (Å²) in [7, 11) is 0. The molecule has 0 spiro atoms. The number of aryl methyl sites for hydroxylation is 2. The molecule has 2 aromatic heterocycles. The van der Waals surface area contributed by atoms with Crippen LogP contribution in [0, 0.1) is 20.8 Å². The Morgan fingerprint density at radius 1 is 1.18 bits per heavy atom. The lowest BCUT2D eigenvalue weighted by Gasteiger charge is -2.28. The third kappa shape index (κ3) is 3.24. The Morgan fingerprint density at radius 2 is 1.93 bits per heavy atom. The highest BCUT2D eigenvalue weighted by Crippen LogP contribution is 2.21. The van der Waals surface area contributed by atoms with Gasteiger partial charge < -0.3 is 9.88 Å². The van der Waals surface area contributed by atoms with Gasteiger partial charge in [0.05, 0.1) is 30.0 Å². The molecule has 3 heterocycles. The number of carbonyl (C=O) groups excluding carboxylic acids is 1. The maximum atomic E-state index is 13.2. The van der Waals surface area contributed by atoms with Crippen molar-refractivity contribution in [2.24, 2.45) is 0 Å². The summed E-state index contributed by atoms with van der Waals surface area (Å²) < 4.78 is 1.88. The number of hydrogen-bond donors (Lipinski definition) is 1. The number of fused-ring (bicyclic) bond motifs is 1. The smallest absolute Gasteiger partial charge is 0.257 e. The first-order valence-corrected chi connectivity index (χ1v) is 9.40. The molecule has 1 aromatic carbocycles. The highest BCUT2D eigenvalue weighted by molar-refractivity contribution is 5.96. The van der Waals surface area contributed by atoms with E-state index < -0.39 is 0 Å². The standard InChI is InChI=1S/C21H23N5O2/c1-13-19(14(2)26(24-13)11-16-7-5-4-6-8-16)21(28)25-10-9-17-18(12-25)22-15(3)23-20(17)27/h4-8H,9-12H2,1-3H3,(H,22,23,27). The molecule has 0 atom stereocenters. The van der Waals surface area contributed by atoms with Gasteiger partial charge in [0.15, 0.2) is 0 Å². The molecule has 0 aliphatic carbocycles. The maximum absolute atomic E-state index is 13.2. The maximum Gasteiger partial charge on any atom is 0.257 e. The predicted molar refractivity (Wildman–Crippen MR) is 105 cm³/mol. The van der Waals surface area contributed by atoms with Crippen LogP contribution in [0.3, 0.4) is 0 Å². The van der Waals surface area contributed by atoms with E-state index in [9.17, 15) is 9.59 Å². The van der Waals surface area contributed by atoms with Crippen LogP contribution in [0.4, 0.5) is 0 Å². The Labute approximate surface area is 163 Å². The molecule has 4 rings (SSSR count). The van der Waals surface area contributed by atoms with Gasteiger partial charge in [0.25, 0.3) is 11.5 Å². The molecular formula is C21H23N5O2. The Bertz CT molecular complexity index is 1100. The lowest BCUT2D eigenvalue weighted by Crippen LogP contribution is -2.39. The van der Waals surface area contributed by atoms with E-state index in [1.54, 1.807) is 11.8 Å². The molecule has 7 heteroatoms. The zero-order chi connectivity index (χ0) is 19.8. The van der Waals surface area contributed by atoms with E-state index >= 15 is 0 Å². The summed E-state index contributed by atoms with van der Waals surface area (Å²) in [4.78, 5) is 34.3. The summed E-state index contributed by atoms with van der Waals surface area (Å²) >= 11 is 0. The average molecular weight is 377 g/mol. The molecule has 28 heavy (non-hydrogen) atoms. The van der Waals surface area contributed by atoms with Gasteiger partial charge in [0.2, 0.25) is 0 Å². The van der Waals surface area contributed by atoms with Crippen molar-refractivity contribution in [3.63, 3.8) is 0 Å². The van der Waals surface area contributed by atoms with Crippen LogP contribution >= 0.6 is 0 Å². The topological polar surface area (TPSA) is 83.9 Å². The van der Waals surface area contributed by atoms with Crippen LogP contribution in [0.15, 0.2) is 35.1 Å². The van der Waals surface area contributed by atoms with Gasteiger partial charge in [0, 0.05) is 17.8 Å². The van der Waals surface area contributed by atoms with E-state index in [2.05, 4.69) is 15.1 Å². The quantitative estimate of drug-likeness (QED) is 0.758. The summed E-state index contributed by atoms with van der Waals surface area (Å²) in [6, 6.07) is 10.1. The fourth-order valence-electron chi connectivity index (χ4n) is 3.81. The predicted octanol–water partition coefficient (Wildman–Crippen LogP) is 2.14. The van der Waals surface area contributed by atoms with Gasteiger partial charge in [-0.2, -0.15) is 5.10 Å². The van der Waals surface area contributed by atoms with Crippen LogP contribution in [0.2, 0.25) is 0 Å². The van der Waals surface area contributed by atoms with E-state index in [-0.39, 0.29) is 11.5 Å². The van der Waals surface area contributed by atoms with Gasteiger partial charge >= 0.3 is 0 Å². The SMILES string of the molecule is Cc1nc2c(c(=O)[nH]1)CCN(C(=O)c1c(C)nn(Cc3ccccc3)c1C)C2. The minimum absolute atomic E-state index is 0.0558. The van der Waals surface area contributed by atoms with Crippen molar-refractivity contribution in [3.05, 3.63) is 80.3 Å². The Kier molecular flexibility index (Phi) is 4.58. The summed E-state index contributed by atoms with van der Waals surface area (Å²) in [5, 5.41) is 4.59. The Hall–Kier alpha value is -3.22. The monoisotopic (exact) mass is 377 g/mol. The molecule has 1 N–H and O–H groups in total. The van der Waals surface area contributed by atoms with Crippen LogP contribution in [0.1, 0.15) is 44.4 Å². The van der Waals surface area contributed by atoms with Crippen LogP contribution in [0.25, 0.3) is 0 Å². The molecule has 7 nitrogen and oxygen atoms in total. The first-order valence-electron chi connectivity index (χ1n) is 9.40. The number of benzene rings is 1. The zero-order valence-corrected chi connectivity index (χ0v) is 16.3. The number of H-pyrrole nitrogens is 1. The number of hydrogen-bond acceptors (Lipinski definition) is 4. The van der Waals surface area contributed by atoms with Crippen molar-refractivity contribution < 1.29 is 4.79 Å². The molecule has 0 bridgehead atoms. The van der Waals surface area contributed by atoms with Gasteiger partial charge in [0.1, 0.15) is 5.82 Å². The highest BCUT2D eigenvalue weighted by atomic mass is 16.2. The molecule has 0 saturated carbocycles. The van der Waals surface area contributed by atoms with E-state index in [0.29, 0.717) is 48.7 Å². The van der Waals surface area contributed by atoms with Crippen molar-refractivity contribution in [1.82, 2.24) is 24.6 Å². The number of nitrogens with one attached hydrogen (secondary N) is 1. The van der Waals surface area contributed by atoms with Crippen molar-refractivity contribution in [3.8, 4) is 0 Å². The number of aromatic nitrogens is 4. The Morgan fingerprint density at radius 3 is 2.68 bits per heavy atom. The summed E-state index contributed by atoms with van der Waals surface area (Å²) in [5.74, 6) is 0.515. The zero-order valence-electron chi connectivity index (χ0n) is 16.3. The summed E-state index contributed by atoms with van der Waals surface area (Å²) in [6.07, 6.45) is 0.514. The molecule has 0 fully saturated rings. The van der Waals surface area contributed by atoms with E-state index in [1.807, 2.05) is 48.9 Å². The molecule has 0 saturated heterocycles. The summed E-state index contributed by atoms with van der Waals surface area (Å²) in [6.45, 7) is 7.03. The van der Waals surface area contributed by atoms with Crippen molar-refractivity contribution >= 4 is 5.91 Å². The second-order valence-electron chi connectivity index (χ2n) is 7.24. The first kappa shape index (κ1) is 18.2. The Balaban J connectivity index is 1.61. The molecule has 144 valence electrons. The molecule has 0 radical (unpaired) electrons. The fourth-order valence-corrected chi connectivity index (χ4v) is 3.81. The van der Waals surface area contributed by atoms with E-state index in [1.165, 1.54) is 0 Å². The third-order valence-electron chi connectivity index (χ3n) is 5.25. The van der Waals surface area contributed by atoms with Crippen LogP contribution in [0.5, 0.6) is 0 Å². The van der Waals surface area contributed by atoms with Gasteiger partial charge in [-0.25, -0.2) is 4.98 Å². The number of carbonyl (C=O) groups is 1. The van der Waals surface area contributed by atoms with Gasteiger partial charge in [-0.05, 0) is 32.8 Å².